The summed E-state index contributed by atoms with van der Waals surface area (Å²) < 4.78 is 13.7. The molecule has 1 aromatic rings. The lowest BCUT2D eigenvalue weighted by Gasteiger charge is -1.96. The SMILES string of the molecule is CC(/C=C/c1c(C)sc(C)c1C)=C\C=C(F)\C(C)=C\C(=O)O. The number of rotatable bonds is 5. The van der Waals surface area contributed by atoms with Gasteiger partial charge in [-0.05, 0) is 57.4 Å². The molecule has 0 radical (unpaired) electrons. The normalized spacial score (nSPS) is 14.0. The Kier molecular flexibility index (Phi) is 6.50. The fourth-order valence-electron chi connectivity index (χ4n) is 1.92. The third kappa shape index (κ3) is 5.11. The molecule has 0 aliphatic carbocycles. The molecule has 22 heavy (non-hydrogen) atoms. The zero-order chi connectivity index (χ0) is 16.9. The zero-order valence-corrected chi connectivity index (χ0v) is 14.3. The molecule has 0 amide bonds. The topological polar surface area (TPSA) is 37.3 Å². The molecule has 0 fully saturated rings. The summed E-state index contributed by atoms with van der Waals surface area (Å²) in [6.07, 6.45) is 7.74. The number of carbonyl (C=O) groups is 1. The molecule has 1 heterocycles. The fraction of sp³-hybridized carbons (Fsp3) is 0.278. The van der Waals surface area contributed by atoms with Crippen molar-refractivity contribution in [3.8, 4) is 0 Å². The molecule has 0 unspecified atom stereocenters. The second-order valence-electron chi connectivity index (χ2n) is 5.18. The first-order chi connectivity index (χ1) is 10.2. The summed E-state index contributed by atoms with van der Waals surface area (Å²) in [7, 11) is 0. The van der Waals surface area contributed by atoms with E-state index < -0.39 is 11.8 Å². The molecular weight excluding hydrogens is 299 g/mol. The van der Waals surface area contributed by atoms with Gasteiger partial charge in [0.05, 0.1) is 0 Å². The van der Waals surface area contributed by atoms with E-state index in [0.29, 0.717) is 0 Å². The highest BCUT2D eigenvalue weighted by atomic mass is 32.1. The van der Waals surface area contributed by atoms with E-state index in [1.165, 1.54) is 33.9 Å². The van der Waals surface area contributed by atoms with Gasteiger partial charge < -0.3 is 5.11 Å². The minimum atomic E-state index is -1.15. The van der Waals surface area contributed by atoms with Gasteiger partial charge in [0, 0.05) is 15.8 Å². The van der Waals surface area contributed by atoms with E-state index in [0.717, 1.165) is 11.6 Å². The molecule has 0 atom stereocenters. The van der Waals surface area contributed by atoms with Crippen LogP contribution in [0.25, 0.3) is 6.08 Å². The van der Waals surface area contributed by atoms with Gasteiger partial charge in [0.1, 0.15) is 5.83 Å². The molecule has 0 saturated heterocycles. The van der Waals surface area contributed by atoms with Gasteiger partial charge in [-0.1, -0.05) is 23.8 Å². The summed E-state index contributed by atoms with van der Waals surface area (Å²) in [5.74, 6) is -1.70. The number of halogens is 1. The summed E-state index contributed by atoms with van der Waals surface area (Å²) in [5, 5.41) is 8.58. The van der Waals surface area contributed by atoms with Crippen LogP contribution in [0.15, 0.2) is 41.3 Å². The lowest BCUT2D eigenvalue weighted by molar-refractivity contribution is -0.131. The van der Waals surface area contributed by atoms with Crippen molar-refractivity contribution in [3.63, 3.8) is 0 Å². The van der Waals surface area contributed by atoms with Crippen molar-refractivity contribution >= 4 is 23.4 Å². The first kappa shape index (κ1) is 18.1. The van der Waals surface area contributed by atoms with Gasteiger partial charge in [0.15, 0.2) is 0 Å². The Bertz CT molecular complexity index is 688. The molecule has 0 aliphatic rings. The van der Waals surface area contributed by atoms with Crippen molar-refractivity contribution in [1.29, 1.82) is 0 Å². The highest BCUT2D eigenvalue weighted by molar-refractivity contribution is 7.12. The van der Waals surface area contributed by atoms with Crippen molar-refractivity contribution in [1.82, 2.24) is 0 Å². The molecule has 0 aliphatic heterocycles. The van der Waals surface area contributed by atoms with Crippen LogP contribution in [0.1, 0.15) is 34.7 Å². The number of carboxylic acid groups (broad SMARTS) is 1. The molecule has 1 rings (SSSR count). The molecule has 118 valence electrons. The van der Waals surface area contributed by atoms with Gasteiger partial charge in [0.2, 0.25) is 0 Å². The van der Waals surface area contributed by atoms with Crippen LogP contribution in [0.4, 0.5) is 4.39 Å². The van der Waals surface area contributed by atoms with Crippen LogP contribution in [0.3, 0.4) is 0 Å². The van der Waals surface area contributed by atoms with Crippen molar-refractivity contribution in [2.24, 2.45) is 0 Å². The van der Waals surface area contributed by atoms with E-state index >= 15 is 0 Å². The van der Waals surface area contributed by atoms with E-state index in [2.05, 4.69) is 20.8 Å². The molecule has 1 N–H and O–H groups in total. The molecule has 4 heteroatoms. The quantitative estimate of drug-likeness (QED) is 0.573. The summed E-state index contributed by atoms with van der Waals surface area (Å²) in [6.45, 7) is 9.59. The average molecular weight is 320 g/mol. The monoisotopic (exact) mass is 320 g/mol. The first-order valence-electron chi connectivity index (χ1n) is 6.92. The zero-order valence-electron chi connectivity index (χ0n) is 13.5. The van der Waals surface area contributed by atoms with Gasteiger partial charge in [-0.15, -0.1) is 11.3 Å². The molecule has 0 bridgehead atoms. The fourth-order valence-corrected chi connectivity index (χ4v) is 2.97. The van der Waals surface area contributed by atoms with Crippen LogP contribution < -0.4 is 0 Å². The Labute approximate surface area is 135 Å². The van der Waals surface area contributed by atoms with Crippen molar-refractivity contribution < 1.29 is 14.3 Å². The van der Waals surface area contributed by atoms with Gasteiger partial charge >= 0.3 is 5.97 Å². The van der Waals surface area contributed by atoms with Crippen LogP contribution in [-0.4, -0.2) is 11.1 Å². The Morgan fingerprint density at radius 3 is 2.27 bits per heavy atom. The van der Waals surface area contributed by atoms with Crippen LogP contribution in [0, 0.1) is 20.8 Å². The second-order valence-corrected chi connectivity index (χ2v) is 6.61. The van der Waals surface area contributed by atoms with Gasteiger partial charge in [-0.2, -0.15) is 0 Å². The lowest BCUT2D eigenvalue weighted by Crippen LogP contribution is -1.90. The number of aliphatic carboxylic acids is 1. The van der Waals surface area contributed by atoms with E-state index in [1.807, 2.05) is 19.1 Å². The standard InChI is InChI=1S/C18H21FO2S/c1-11(7-9-17(19)12(2)10-18(20)21)6-8-16-13(3)14(4)22-15(16)5/h6-10H,1-5H3,(H,20,21)/b8-6+,11-7+,12-10+,17-9-. The van der Waals surface area contributed by atoms with Gasteiger partial charge in [0.25, 0.3) is 0 Å². The summed E-state index contributed by atoms with van der Waals surface area (Å²) in [5.41, 5.74) is 3.47. The number of thiophene rings is 1. The van der Waals surface area contributed by atoms with Crippen LogP contribution in [-0.2, 0) is 4.79 Å². The van der Waals surface area contributed by atoms with Crippen LogP contribution in [0.5, 0.6) is 0 Å². The Balaban J connectivity index is 2.90. The number of hydrogen-bond acceptors (Lipinski definition) is 2. The van der Waals surface area contributed by atoms with E-state index in [1.54, 1.807) is 17.4 Å². The number of allylic oxidation sites excluding steroid dienone is 6. The van der Waals surface area contributed by atoms with Crippen molar-refractivity contribution in [2.75, 3.05) is 0 Å². The Hall–Kier alpha value is -1.94. The molecule has 0 saturated carbocycles. The maximum Gasteiger partial charge on any atom is 0.328 e. The third-order valence-corrected chi connectivity index (χ3v) is 4.48. The van der Waals surface area contributed by atoms with E-state index in [9.17, 15) is 9.18 Å². The molecular formula is C18H21FO2S. The van der Waals surface area contributed by atoms with Crippen LogP contribution in [0.2, 0.25) is 0 Å². The van der Waals surface area contributed by atoms with Crippen molar-refractivity contribution in [2.45, 2.75) is 34.6 Å². The lowest BCUT2D eigenvalue weighted by atomic mass is 10.1. The maximum atomic E-state index is 13.7. The minimum Gasteiger partial charge on any atom is -0.478 e. The molecule has 0 spiro atoms. The maximum absolute atomic E-state index is 13.7. The predicted molar refractivity (Wildman–Crippen MR) is 91.9 cm³/mol. The first-order valence-corrected chi connectivity index (χ1v) is 7.74. The second kappa shape index (κ2) is 7.90. The largest absolute Gasteiger partial charge is 0.478 e. The smallest absolute Gasteiger partial charge is 0.328 e. The predicted octanol–water partition coefficient (Wildman–Crippen LogP) is 5.52. The number of aryl methyl sites for hydroxylation is 2. The molecule has 0 aromatic carbocycles. The number of hydrogen-bond donors (Lipinski definition) is 1. The Morgan fingerprint density at radius 2 is 1.77 bits per heavy atom. The summed E-state index contributed by atoms with van der Waals surface area (Å²) in [6, 6.07) is 0. The highest BCUT2D eigenvalue weighted by Crippen LogP contribution is 2.27. The number of carboxylic acids is 1. The summed E-state index contributed by atoms with van der Waals surface area (Å²) >= 11 is 1.77. The van der Waals surface area contributed by atoms with Gasteiger partial charge in [-0.3, -0.25) is 0 Å². The highest BCUT2D eigenvalue weighted by Gasteiger charge is 2.05. The van der Waals surface area contributed by atoms with Gasteiger partial charge in [-0.25, -0.2) is 9.18 Å². The van der Waals surface area contributed by atoms with Crippen LogP contribution >= 0.6 is 11.3 Å². The average Bonchev–Trinajstić information content (AvgIpc) is 2.66. The molecule has 1 aromatic heterocycles. The molecule has 2 nitrogen and oxygen atoms in total. The van der Waals surface area contributed by atoms with E-state index in [4.69, 9.17) is 5.11 Å². The summed E-state index contributed by atoms with van der Waals surface area (Å²) in [4.78, 5) is 13.1. The Morgan fingerprint density at radius 1 is 1.14 bits per heavy atom. The van der Waals surface area contributed by atoms with E-state index in [-0.39, 0.29) is 5.57 Å². The third-order valence-electron chi connectivity index (χ3n) is 3.34. The van der Waals surface area contributed by atoms with Crippen molar-refractivity contribution in [3.05, 3.63) is 62.2 Å². The minimum absolute atomic E-state index is 0.0978.